The maximum absolute atomic E-state index is 10.9. The van der Waals surface area contributed by atoms with Gasteiger partial charge in [0.05, 0.1) is 13.7 Å². The van der Waals surface area contributed by atoms with Crippen LogP contribution in [0, 0.1) is 0 Å². The van der Waals surface area contributed by atoms with E-state index in [0.717, 1.165) is 19.6 Å². The van der Waals surface area contributed by atoms with Gasteiger partial charge in [-0.1, -0.05) is 0 Å². The second-order valence-electron chi connectivity index (χ2n) is 3.10. The van der Waals surface area contributed by atoms with Crippen molar-refractivity contribution in [3.05, 3.63) is 0 Å². The number of hydrogen-bond acceptors (Lipinski definition) is 4. The van der Waals surface area contributed by atoms with Gasteiger partial charge < -0.3 is 10.1 Å². The molecule has 1 saturated heterocycles. The number of esters is 1. The summed E-state index contributed by atoms with van der Waals surface area (Å²) in [4.78, 5) is 13.1. The van der Waals surface area contributed by atoms with E-state index in [4.69, 9.17) is 0 Å². The normalized spacial score (nSPS) is 25.3. The van der Waals surface area contributed by atoms with E-state index in [1.54, 1.807) is 0 Å². The van der Waals surface area contributed by atoms with Crippen LogP contribution in [0.5, 0.6) is 0 Å². The van der Waals surface area contributed by atoms with Crippen molar-refractivity contribution in [3.63, 3.8) is 0 Å². The minimum atomic E-state index is -0.149. The molecule has 0 saturated carbocycles. The minimum absolute atomic E-state index is 0.149. The Hall–Kier alpha value is -0.610. The zero-order valence-electron chi connectivity index (χ0n) is 7.67. The quantitative estimate of drug-likeness (QED) is 0.568. The van der Waals surface area contributed by atoms with Gasteiger partial charge in [0.15, 0.2) is 0 Å². The molecule has 0 radical (unpaired) electrons. The molecule has 4 heteroatoms. The highest BCUT2D eigenvalue weighted by molar-refractivity contribution is 5.71. The third-order valence-electron chi connectivity index (χ3n) is 2.20. The van der Waals surface area contributed by atoms with Crippen LogP contribution in [0.4, 0.5) is 0 Å². The average molecular weight is 172 g/mol. The second kappa shape index (κ2) is 4.42. The van der Waals surface area contributed by atoms with Crippen LogP contribution in [0.2, 0.25) is 0 Å². The van der Waals surface area contributed by atoms with E-state index in [9.17, 15) is 4.79 Å². The van der Waals surface area contributed by atoms with E-state index in [2.05, 4.69) is 21.9 Å². The molecule has 1 aliphatic rings. The number of piperazine rings is 1. The molecule has 4 nitrogen and oxygen atoms in total. The summed E-state index contributed by atoms with van der Waals surface area (Å²) in [5.74, 6) is -0.149. The lowest BCUT2D eigenvalue weighted by Crippen LogP contribution is -2.51. The average Bonchev–Trinajstić information content (AvgIpc) is 2.09. The van der Waals surface area contributed by atoms with Crippen molar-refractivity contribution in [2.24, 2.45) is 0 Å². The molecule has 0 aromatic carbocycles. The summed E-state index contributed by atoms with van der Waals surface area (Å²) in [5, 5.41) is 3.26. The molecule has 0 aromatic rings. The first-order chi connectivity index (χ1) is 5.74. The van der Waals surface area contributed by atoms with E-state index in [0.29, 0.717) is 12.6 Å². The molecule has 1 unspecified atom stereocenters. The summed E-state index contributed by atoms with van der Waals surface area (Å²) in [6, 6.07) is 0.429. The lowest BCUT2D eigenvalue weighted by molar-refractivity contribution is -0.142. The van der Waals surface area contributed by atoms with Gasteiger partial charge in [-0.2, -0.15) is 0 Å². The van der Waals surface area contributed by atoms with E-state index in [1.807, 2.05) is 0 Å². The van der Waals surface area contributed by atoms with Crippen molar-refractivity contribution in [2.75, 3.05) is 33.3 Å². The number of hydrogen-bond donors (Lipinski definition) is 1. The highest BCUT2D eigenvalue weighted by Gasteiger charge is 2.19. The van der Waals surface area contributed by atoms with Crippen LogP contribution in [0.25, 0.3) is 0 Å². The fourth-order valence-corrected chi connectivity index (χ4v) is 1.35. The van der Waals surface area contributed by atoms with E-state index in [1.165, 1.54) is 7.11 Å². The van der Waals surface area contributed by atoms with Crippen LogP contribution in [0.15, 0.2) is 0 Å². The first-order valence-corrected chi connectivity index (χ1v) is 4.25. The maximum atomic E-state index is 10.9. The van der Waals surface area contributed by atoms with Crippen molar-refractivity contribution in [1.29, 1.82) is 0 Å². The van der Waals surface area contributed by atoms with Gasteiger partial charge in [0.2, 0.25) is 0 Å². The number of rotatable bonds is 2. The summed E-state index contributed by atoms with van der Waals surface area (Å²) in [7, 11) is 1.43. The number of carbonyl (C=O) groups is 1. The number of ether oxygens (including phenoxy) is 1. The predicted octanol–water partition coefficient (Wildman–Crippen LogP) is -0.547. The first-order valence-electron chi connectivity index (χ1n) is 4.25. The summed E-state index contributed by atoms with van der Waals surface area (Å²) in [5.41, 5.74) is 0. The summed E-state index contributed by atoms with van der Waals surface area (Å²) in [6.07, 6.45) is 0. The molecule has 1 N–H and O–H groups in total. The molecule has 70 valence electrons. The Morgan fingerprint density at radius 2 is 2.50 bits per heavy atom. The molecule has 0 aromatic heterocycles. The zero-order valence-corrected chi connectivity index (χ0v) is 7.67. The Balaban J connectivity index is 2.33. The maximum Gasteiger partial charge on any atom is 0.319 e. The monoisotopic (exact) mass is 172 g/mol. The lowest BCUT2D eigenvalue weighted by Gasteiger charge is -2.32. The Bertz CT molecular complexity index is 161. The van der Waals surface area contributed by atoms with Gasteiger partial charge >= 0.3 is 5.97 Å². The van der Waals surface area contributed by atoms with Gasteiger partial charge in [-0.15, -0.1) is 0 Å². The van der Waals surface area contributed by atoms with Crippen molar-refractivity contribution in [3.8, 4) is 0 Å². The molecule has 0 bridgehead atoms. The van der Waals surface area contributed by atoms with Crippen LogP contribution in [0.1, 0.15) is 6.92 Å². The molecule has 1 fully saturated rings. The topological polar surface area (TPSA) is 41.6 Å². The molecule has 1 atom stereocenters. The Morgan fingerprint density at radius 3 is 3.08 bits per heavy atom. The molecule has 0 spiro atoms. The number of carbonyl (C=O) groups excluding carboxylic acids is 1. The largest absolute Gasteiger partial charge is 0.468 e. The Kier molecular flexibility index (Phi) is 3.49. The SMILES string of the molecule is COC(=O)CN1CCNCC1C. The highest BCUT2D eigenvalue weighted by Crippen LogP contribution is 2.01. The van der Waals surface area contributed by atoms with Gasteiger partial charge in [0, 0.05) is 25.7 Å². The Labute approximate surface area is 72.9 Å². The zero-order chi connectivity index (χ0) is 8.97. The van der Waals surface area contributed by atoms with Crippen molar-refractivity contribution < 1.29 is 9.53 Å². The lowest BCUT2D eigenvalue weighted by atomic mass is 10.2. The number of nitrogens with one attached hydrogen (secondary N) is 1. The summed E-state index contributed by atoms with van der Waals surface area (Å²) in [6.45, 7) is 5.36. The van der Waals surface area contributed by atoms with Crippen molar-refractivity contribution in [1.82, 2.24) is 10.2 Å². The highest BCUT2D eigenvalue weighted by atomic mass is 16.5. The molecule has 0 amide bonds. The standard InChI is InChI=1S/C8H16N2O2/c1-7-5-9-3-4-10(7)6-8(11)12-2/h7,9H,3-6H2,1-2H3. The van der Waals surface area contributed by atoms with Crippen LogP contribution >= 0.6 is 0 Å². The molecule has 1 rings (SSSR count). The van der Waals surface area contributed by atoms with Gasteiger partial charge in [-0.3, -0.25) is 9.69 Å². The van der Waals surface area contributed by atoms with E-state index < -0.39 is 0 Å². The summed E-state index contributed by atoms with van der Waals surface area (Å²) < 4.78 is 4.60. The van der Waals surface area contributed by atoms with Crippen molar-refractivity contribution >= 4 is 5.97 Å². The number of nitrogens with zero attached hydrogens (tertiary/aromatic N) is 1. The van der Waals surface area contributed by atoms with Crippen molar-refractivity contribution in [2.45, 2.75) is 13.0 Å². The van der Waals surface area contributed by atoms with Crippen LogP contribution in [0.3, 0.4) is 0 Å². The van der Waals surface area contributed by atoms with E-state index in [-0.39, 0.29) is 5.97 Å². The van der Waals surface area contributed by atoms with Crippen LogP contribution in [-0.4, -0.2) is 50.2 Å². The van der Waals surface area contributed by atoms with E-state index >= 15 is 0 Å². The molecule has 1 heterocycles. The van der Waals surface area contributed by atoms with Crippen LogP contribution < -0.4 is 5.32 Å². The predicted molar refractivity (Wildman–Crippen MR) is 45.9 cm³/mol. The third kappa shape index (κ3) is 2.46. The molecular weight excluding hydrogens is 156 g/mol. The molecule has 0 aliphatic carbocycles. The third-order valence-corrected chi connectivity index (χ3v) is 2.20. The molecular formula is C8H16N2O2. The summed E-state index contributed by atoms with van der Waals surface area (Å²) >= 11 is 0. The minimum Gasteiger partial charge on any atom is -0.468 e. The number of methoxy groups -OCH3 is 1. The fraction of sp³-hybridized carbons (Fsp3) is 0.875. The molecule has 1 aliphatic heterocycles. The smallest absolute Gasteiger partial charge is 0.319 e. The molecule has 12 heavy (non-hydrogen) atoms. The van der Waals surface area contributed by atoms with Gasteiger partial charge in [-0.05, 0) is 6.92 Å². The van der Waals surface area contributed by atoms with Gasteiger partial charge in [0.1, 0.15) is 0 Å². The Morgan fingerprint density at radius 1 is 1.75 bits per heavy atom. The van der Waals surface area contributed by atoms with Gasteiger partial charge in [-0.25, -0.2) is 0 Å². The first kappa shape index (κ1) is 9.48. The second-order valence-corrected chi connectivity index (χ2v) is 3.10. The fourth-order valence-electron chi connectivity index (χ4n) is 1.35. The van der Waals surface area contributed by atoms with Crippen LogP contribution in [-0.2, 0) is 9.53 Å². The van der Waals surface area contributed by atoms with Gasteiger partial charge in [0.25, 0.3) is 0 Å².